The second-order valence-corrected chi connectivity index (χ2v) is 8.43. The monoisotopic (exact) mass is 449 g/mol. The average molecular weight is 450 g/mol. The van der Waals surface area contributed by atoms with Crippen molar-refractivity contribution in [3.05, 3.63) is 57.6 Å². The normalized spacial score (nSPS) is 22.6. The minimum Gasteiger partial charge on any atom is -0.397 e. The summed E-state index contributed by atoms with van der Waals surface area (Å²) in [6.07, 6.45) is 2.75. The highest BCUT2D eigenvalue weighted by Crippen LogP contribution is 2.27. The van der Waals surface area contributed by atoms with Crippen LogP contribution < -0.4 is 16.8 Å². The van der Waals surface area contributed by atoms with Crippen molar-refractivity contribution >= 4 is 23.1 Å². The van der Waals surface area contributed by atoms with Crippen molar-refractivity contribution in [2.75, 3.05) is 39.8 Å². The Kier molecular flexibility index (Phi) is 6.15. The van der Waals surface area contributed by atoms with E-state index >= 15 is 0 Å². The van der Waals surface area contributed by atoms with Gasteiger partial charge in [0.25, 0.3) is 0 Å². The third-order valence-corrected chi connectivity index (χ3v) is 6.23. The van der Waals surface area contributed by atoms with Gasteiger partial charge in [-0.05, 0) is 38.2 Å². The number of aliphatic imine (C=N–C) groups is 2. The molecular formula is C21H26ClF2N7. The predicted molar refractivity (Wildman–Crippen MR) is 119 cm³/mol. The smallest absolute Gasteiger partial charge is 0.142 e. The number of nitrogens with one attached hydrogen (secondary N) is 1. The summed E-state index contributed by atoms with van der Waals surface area (Å²) in [4.78, 5) is 13.3. The second kappa shape index (κ2) is 8.84. The number of rotatable bonds is 5. The summed E-state index contributed by atoms with van der Waals surface area (Å²) in [6.45, 7) is 3.53. The fourth-order valence-electron chi connectivity index (χ4n) is 4.06. The Bertz CT molecular complexity index is 1000. The summed E-state index contributed by atoms with van der Waals surface area (Å²) in [5.41, 5.74) is 14.3. The van der Waals surface area contributed by atoms with Crippen LogP contribution in [0, 0.1) is 17.6 Å². The van der Waals surface area contributed by atoms with Crippen molar-refractivity contribution in [3.63, 3.8) is 0 Å². The first kappa shape index (κ1) is 21.6. The van der Waals surface area contributed by atoms with E-state index in [1.54, 1.807) is 6.08 Å². The van der Waals surface area contributed by atoms with Gasteiger partial charge < -0.3 is 26.6 Å². The van der Waals surface area contributed by atoms with E-state index in [2.05, 4.69) is 27.2 Å². The summed E-state index contributed by atoms with van der Waals surface area (Å²) in [7, 11) is 2.09. The Morgan fingerprint density at radius 3 is 2.84 bits per heavy atom. The van der Waals surface area contributed by atoms with Gasteiger partial charge in [0.15, 0.2) is 0 Å². The van der Waals surface area contributed by atoms with E-state index < -0.39 is 11.6 Å². The van der Waals surface area contributed by atoms with Crippen LogP contribution in [-0.4, -0.2) is 61.1 Å². The van der Waals surface area contributed by atoms with Gasteiger partial charge in [0.2, 0.25) is 0 Å². The number of hydrogen-bond donors (Lipinski definition) is 3. The number of hydrogen-bond acceptors (Lipinski definition) is 7. The number of nitrogens with zero attached hydrogens (tertiary/aromatic N) is 4. The number of halogens is 3. The molecule has 1 fully saturated rings. The molecule has 10 heteroatoms. The third-order valence-electron chi connectivity index (χ3n) is 5.82. The van der Waals surface area contributed by atoms with Crippen molar-refractivity contribution in [1.82, 2.24) is 15.1 Å². The van der Waals surface area contributed by atoms with E-state index in [-0.39, 0.29) is 17.1 Å². The maximum Gasteiger partial charge on any atom is 0.142 e. The first-order valence-electron chi connectivity index (χ1n) is 10.2. The third kappa shape index (κ3) is 4.52. The molecular weight excluding hydrogens is 424 g/mol. The fourth-order valence-corrected chi connectivity index (χ4v) is 4.28. The molecule has 0 amide bonds. The number of amidine groups is 1. The molecule has 1 unspecified atom stereocenters. The van der Waals surface area contributed by atoms with Crippen LogP contribution in [0.3, 0.4) is 0 Å². The van der Waals surface area contributed by atoms with Crippen LogP contribution in [0.15, 0.2) is 45.4 Å². The molecule has 0 radical (unpaired) electrons. The van der Waals surface area contributed by atoms with E-state index in [9.17, 15) is 8.78 Å². The zero-order chi connectivity index (χ0) is 22.1. The quantitative estimate of drug-likeness (QED) is 0.596. The average Bonchev–Trinajstić information content (AvgIpc) is 3.39. The SMILES string of the molecule is CN1CCC(C2=NCC(/C(N)=C/C3=C(N)NCCN3Cc3c(F)ccc(F)c3Cl)=N2)C1. The van der Waals surface area contributed by atoms with Gasteiger partial charge in [-0.25, -0.2) is 13.8 Å². The molecule has 1 atom stereocenters. The van der Waals surface area contributed by atoms with E-state index in [0.717, 1.165) is 37.5 Å². The van der Waals surface area contributed by atoms with E-state index in [4.69, 9.17) is 23.1 Å². The maximum atomic E-state index is 14.3. The molecule has 4 rings (SSSR count). The Morgan fingerprint density at radius 2 is 2.10 bits per heavy atom. The summed E-state index contributed by atoms with van der Waals surface area (Å²) < 4.78 is 28.2. The number of allylic oxidation sites excluding steroid dienone is 1. The Hall–Kier alpha value is -2.65. The highest BCUT2D eigenvalue weighted by atomic mass is 35.5. The molecule has 3 aliphatic heterocycles. The largest absolute Gasteiger partial charge is 0.397 e. The summed E-state index contributed by atoms with van der Waals surface area (Å²) in [5.74, 6) is 0.332. The van der Waals surface area contributed by atoms with Crippen LogP contribution in [0.25, 0.3) is 0 Å². The van der Waals surface area contributed by atoms with E-state index in [0.29, 0.717) is 48.5 Å². The first-order valence-corrected chi connectivity index (χ1v) is 10.6. The fraction of sp³-hybridized carbons (Fsp3) is 0.429. The lowest BCUT2D eigenvalue weighted by molar-refractivity contribution is 0.315. The molecule has 0 aliphatic carbocycles. The van der Waals surface area contributed by atoms with Crippen molar-refractivity contribution in [2.24, 2.45) is 27.4 Å². The molecule has 1 aromatic carbocycles. The molecule has 0 bridgehead atoms. The van der Waals surface area contributed by atoms with Crippen LogP contribution in [0.1, 0.15) is 12.0 Å². The lowest BCUT2D eigenvalue weighted by atomic mass is 10.1. The van der Waals surface area contributed by atoms with E-state index in [1.165, 1.54) is 0 Å². The second-order valence-electron chi connectivity index (χ2n) is 8.05. The Balaban J connectivity index is 1.56. The topological polar surface area (TPSA) is 95.3 Å². The highest BCUT2D eigenvalue weighted by Gasteiger charge is 2.28. The van der Waals surface area contributed by atoms with Gasteiger partial charge >= 0.3 is 0 Å². The number of likely N-dealkylation sites (tertiary alicyclic amines) is 1. The lowest BCUT2D eigenvalue weighted by Gasteiger charge is -2.32. The molecule has 5 N–H and O–H groups in total. The summed E-state index contributed by atoms with van der Waals surface area (Å²) in [5, 5.41) is 2.85. The van der Waals surface area contributed by atoms with Crippen LogP contribution in [-0.2, 0) is 6.54 Å². The molecule has 0 spiro atoms. The molecule has 0 saturated carbocycles. The van der Waals surface area contributed by atoms with Gasteiger partial charge in [-0.3, -0.25) is 4.99 Å². The molecule has 0 aromatic heterocycles. The molecule has 3 heterocycles. The molecule has 7 nitrogen and oxygen atoms in total. The molecule has 1 saturated heterocycles. The van der Waals surface area contributed by atoms with Crippen LogP contribution in [0.2, 0.25) is 5.02 Å². The first-order chi connectivity index (χ1) is 14.8. The standard InChI is InChI=1S/C21H26ClF2N7/c1-30-6-4-12(10-30)21-28-9-17(29-21)16(25)8-18-20(26)27-5-7-31(18)11-13-14(23)2-3-15(24)19(13)22/h2-3,8,12,27H,4-7,9-11,25-26H2,1H3/b16-8-. The van der Waals surface area contributed by atoms with Crippen LogP contribution >= 0.6 is 11.6 Å². The number of benzene rings is 1. The maximum absolute atomic E-state index is 14.3. The van der Waals surface area contributed by atoms with Gasteiger partial charge in [0, 0.05) is 37.7 Å². The van der Waals surface area contributed by atoms with Crippen molar-refractivity contribution in [2.45, 2.75) is 13.0 Å². The summed E-state index contributed by atoms with van der Waals surface area (Å²) >= 11 is 6.02. The Labute approximate surface area is 185 Å². The predicted octanol–water partition coefficient (Wildman–Crippen LogP) is 1.80. The summed E-state index contributed by atoms with van der Waals surface area (Å²) in [6, 6.07) is 2.09. The van der Waals surface area contributed by atoms with E-state index in [1.807, 2.05) is 4.90 Å². The zero-order valence-electron chi connectivity index (χ0n) is 17.3. The minimum atomic E-state index is -0.663. The number of nitrogens with two attached hydrogens (primary N) is 2. The highest BCUT2D eigenvalue weighted by molar-refractivity contribution is 6.31. The molecule has 3 aliphatic rings. The van der Waals surface area contributed by atoms with Crippen molar-refractivity contribution in [3.8, 4) is 0 Å². The molecule has 1 aromatic rings. The van der Waals surface area contributed by atoms with Crippen LogP contribution in [0.4, 0.5) is 8.78 Å². The minimum absolute atomic E-state index is 0.0621. The zero-order valence-corrected chi connectivity index (χ0v) is 18.1. The lowest BCUT2D eigenvalue weighted by Crippen LogP contribution is -2.41. The molecule has 166 valence electrons. The van der Waals surface area contributed by atoms with Crippen LogP contribution in [0.5, 0.6) is 0 Å². The van der Waals surface area contributed by atoms with Crippen molar-refractivity contribution in [1.29, 1.82) is 0 Å². The van der Waals surface area contributed by atoms with Gasteiger partial charge in [0.05, 0.1) is 28.7 Å². The van der Waals surface area contributed by atoms with Gasteiger partial charge in [-0.2, -0.15) is 0 Å². The van der Waals surface area contributed by atoms with Crippen molar-refractivity contribution < 1.29 is 8.78 Å². The van der Waals surface area contributed by atoms with Gasteiger partial charge in [-0.15, -0.1) is 0 Å². The van der Waals surface area contributed by atoms with Gasteiger partial charge in [-0.1, -0.05) is 11.6 Å². The Morgan fingerprint density at radius 1 is 1.32 bits per heavy atom. The van der Waals surface area contributed by atoms with Gasteiger partial charge in [0.1, 0.15) is 23.3 Å². The molecule has 31 heavy (non-hydrogen) atoms.